The van der Waals surface area contributed by atoms with Crippen molar-refractivity contribution in [2.45, 2.75) is 25.1 Å². The van der Waals surface area contributed by atoms with E-state index >= 15 is 0 Å². The van der Waals surface area contributed by atoms with Crippen molar-refractivity contribution in [2.75, 3.05) is 0 Å². The van der Waals surface area contributed by atoms with E-state index in [4.69, 9.17) is 5.11 Å². The Hall–Kier alpha value is -1.56. The first-order valence-corrected chi connectivity index (χ1v) is 4.88. The molecule has 1 rings (SSSR count). The molecule has 2 N–H and O–H groups in total. The van der Waals surface area contributed by atoms with Crippen molar-refractivity contribution >= 4 is 5.97 Å². The van der Waals surface area contributed by atoms with Gasteiger partial charge in [-0.15, -0.1) is 0 Å². The lowest BCUT2D eigenvalue weighted by atomic mass is 9.99. The van der Waals surface area contributed by atoms with Crippen LogP contribution >= 0.6 is 0 Å². The zero-order chi connectivity index (χ0) is 13.1. The van der Waals surface area contributed by atoms with E-state index in [1.165, 1.54) is 12.1 Å². The predicted octanol–water partition coefficient (Wildman–Crippen LogP) is 2.60. The first kappa shape index (κ1) is 13.5. The fraction of sp³-hybridized carbons (Fsp3) is 0.364. The zero-order valence-corrected chi connectivity index (χ0v) is 8.74. The summed E-state index contributed by atoms with van der Waals surface area (Å²) in [7, 11) is 0. The van der Waals surface area contributed by atoms with Crippen LogP contribution in [0.5, 0.6) is 0 Å². The Balaban J connectivity index is 2.93. The quantitative estimate of drug-likeness (QED) is 0.861. The molecule has 1 aromatic carbocycles. The van der Waals surface area contributed by atoms with Gasteiger partial charge in [0, 0.05) is 6.42 Å². The minimum atomic E-state index is -4.55. The van der Waals surface area contributed by atoms with E-state index in [2.05, 4.69) is 0 Å². The second-order valence-electron chi connectivity index (χ2n) is 3.53. The maximum Gasteiger partial charge on any atom is 0.416 e. The van der Waals surface area contributed by atoms with Crippen molar-refractivity contribution < 1.29 is 28.2 Å². The highest BCUT2D eigenvalue weighted by Gasteiger charge is 2.34. The van der Waals surface area contributed by atoms with Crippen LogP contribution in [0, 0.1) is 0 Å². The van der Waals surface area contributed by atoms with Crippen LogP contribution in [0.3, 0.4) is 0 Å². The summed E-state index contributed by atoms with van der Waals surface area (Å²) in [5.74, 6) is -1.16. The average Bonchev–Trinajstić information content (AvgIpc) is 2.24. The number of aliphatic carboxylic acids is 1. The molecular formula is C11H11F3O3. The molecule has 1 unspecified atom stereocenters. The van der Waals surface area contributed by atoms with Gasteiger partial charge in [0.1, 0.15) is 0 Å². The molecule has 0 aliphatic rings. The molecule has 0 aliphatic heterocycles. The molecule has 0 spiro atoms. The van der Waals surface area contributed by atoms with Crippen LogP contribution in [0.25, 0.3) is 0 Å². The number of carboxylic acids is 1. The molecule has 6 heteroatoms. The van der Waals surface area contributed by atoms with Gasteiger partial charge in [0.2, 0.25) is 0 Å². The van der Waals surface area contributed by atoms with Crippen molar-refractivity contribution in [2.24, 2.45) is 0 Å². The van der Waals surface area contributed by atoms with E-state index in [0.717, 1.165) is 12.1 Å². The third-order valence-electron chi connectivity index (χ3n) is 2.26. The van der Waals surface area contributed by atoms with Crippen LogP contribution in [-0.4, -0.2) is 16.2 Å². The van der Waals surface area contributed by atoms with Crippen LogP contribution in [0.4, 0.5) is 13.2 Å². The summed E-state index contributed by atoms with van der Waals surface area (Å²) in [6.45, 7) is 0. The summed E-state index contributed by atoms with van der Waals surface area (Å²) in [5.41, 5.74) is -1.22. The van der Waals surface area contributed by atoms with Gasteiger partial charge < -0.3 is 10.2 Å². The molecule has 0 saturated heterocycles. The molecule has 0 heterocycles. The summed E-state index contributed by atoms with van der Waals surface area (Å²) in [6.07, 6.45) is -6.61. The highest BCUT2D eigenvalue weighted by Crippen LogP contribution is 2.35. The Morgan fingerprint density at radius 3 is 2.41 bits per heavy atom. The Morgan fingerprint density at radius 2 is 1.88 bits per heavy atom. The summed E-state index contributed by atoms with van der Waals surface area (Å²) in [6, 6.07) is 4.60. The van der Waals surface area contributed by atoms with Crippen molar-refractivity contribution in [3.8, 4) is 0 Å². The smallest absolute Gasteiger partial charge is 0.416 e. The first-order chi connectivity index (χ1) is 7.82. The third-order valence-corrected chi connectivity index (χ3v) is 2.26. The molecule has 94 valence electrons. The van der Waals surface area contributed by atoms with E-state index in [9.17, 15) is 23.1 Å². The first-order valence-electron chi connectivity index (χ1n) is 4.88. The number of carbonyl (C=O) groups is 1. The van der Waals surface area contributed by atoms with Gasteiger partial charge in [-0.1, -0.05) is 18.2 Å². The number of rotatable bonds is 4. The lowest BCUT2D eigenvalue weighted by Crippen LogP contribution is -2.12. The van der Waals surface area contributed by atoms with Gasteiger partial charge in [-0.2, -0.15) is 13.2 Å². The second-order valence-corrected chi connectivity index (χ2v) is 3.53. The van der Waals surface area contributed by atoms with E-state index in [-0.39, 0.29) is 18.4 Å². The Kier molecular flexibility index (Phi) is 4.11. The maximum absolute atomic E-state index is 12.6. The Bertz CT molecular complexity index is 401. The highest BCUT2D eigenvalue weighted by molar-refractivity contribution is 5.66. The number of aliphatic hydroxyl groups excluding tert-OH is 1. The lowest BCUT2D eigenvalue weighted by molar-refractivity contribution is -0.139. The monoisotopic (exact) mass is 248 g/mol. The molecule has 17 heavy (non-hydrogen) atoms. The van der Waals surface area contributed by atoms with Gasteiger partial charge in [0.15, 0.2) is 0 Å². The minimum Gasteiger partial charge on any atom is -0.481 e. The number of carboxylic acid groups (broad SMARTS) is 1. The number of hydrogen-bond donors (Lipinski definition) is 2. The van der Waals surface area contributed by atoms with E-state index in [1.807, 2.05) is 0 Å². The van der Waals surface area contributed by atoms with Crippen LogP contribution in [0.15, 0.2) is 24.3 Å². The summed E-state index contributed by atoms with van der Waals surface area (Å²) < 4.78 is 37.7. The van der Waals surface area contributed by atoms with Gasteiger partial charge in [-0.05, 0) is 18.1 Å². The average molecular weight is 248 g/mol. The topological polar surface area (TPSA) is 57.5 Å². The van der Waals surface area contributed by atoms with Crippen molar-refractivity contribution in [3.05, 3.63) is 35.4 Å². The summed E-state index contributed by atoms with van der Waals surface area (Å²) in [5, 5.41) is 18.0. The number of benzene rings is 1. The van der Waals surface area contributed by atoms with Crippen LogP contribution in [0.2, 0.25) is 0 Å². The molecule has 0 bridgehead atoms. The molecule has 0 fully saturated rings. The molecule has 1 atom stereocenters. The number of aliphatic hydroxyl groups is 1. The van der Waals surface area contributed by atoms with Crippen LogP contribution in [-0.2, 0) is 11.0 Å². The SMILES string of the molecule is O=C(O)CCC(O)c1ccccc1C(F)(F)F. The van der Waals surface area contributed by atoms with Crippen LogP contribution in [0.1, 0.15) is 30.1 Å². The van der Waals surface area contributed by atoms with Gasteiger partial charge in [0.05, 0.1) is 11.7 Å². The second kappa shape index (κ2) is 5.18. The highest BCUT2D eigenvalue weighted by atomic mass is 19.4. The lowest BCUT2D eigenvalue weighted by Gasteiger charge is -2.16. The fourth-order valence-electron chi connectivity index (χ4n) is 1.46. The number of halogens is 3. The normalized spacial score (nSPS) is 13.4. The van der Waals surface area contributed by atoms with Crippen LogP contribution < -0.4 is 0 Å². The molecule has 0 saturated carbocycles. The Morgan fingerprint density at radius 1 is 1.29 bits per heavy atom. The largest absolute Gasteiger partial charge is 0.481 e. The standard InChI is InChI=1S/C11H11F3O3/c12-11(13,14)8-4-2-1-3-7(8)9(15)5-6-10(16)17/h1-4,9,15H,5-6H2,(H,16,17). The van der Waals surface area contributed by atoms with Gasteiger partial charge >= 0.3 is 12.1 Å². The zero-order valence-electron chi connectivity index (χ0n) is 8.74. The van der Waals surface area contributed by atoms with Crippen molar-refractivity contribution in [1.29, 1.82) is 0 Å². The molecule has 0 aromatic heterocycles. The van der Waals surface area contributed by atoms with E-state index in [0.29, 0.717) is 0 Å². The molecule has 1 aromatic rings. The Labute approximate surface area is 95.5 Å². The van der Waals surface area contributed by atoms with Gasteiger partial charge in [0.25, 0.3) is 0 Å². The molecule has 3 nitrogen and oxygen atoms in total. The van der Waals surface area contributed by atoms with Crippen molar-refractivity contribution in [1.82, 2.24) is 0 Å². The summed E-state index contributed by atoms with van der Waals surface area (Å²) in [4.78, 5) is 10.3. The third kappa shape index (κ3) is 3.74. The molecule has 0 radical (unpaired) electrons. The number of hydrogen-bond acceptors (Lipinski definition) is 2. The van der Waals surface area contributed by atoms with Gasteiger partial charge in [-0.25, -0.2) is 0 Å². The van der Waals surface area contributed by atoms with Gasteiger partial charge in [-0.3, -0.25) is 4.79 Å². The molecule has 0 amide bonds. The molecule has 0 aliphatic carbocycles. The van der Waals surface area contributed by atoms with Crippen molar-refractivity contribution in [3.63, 3.8) is 0 Å². The fourth-order valence-corrected chi connectivity index (χ4v) is 1.46. The van der Waals surface area contributed by atoms with E-state index < -0.39 is 23.8 Å². The summed E-state index contributed by atoms with van der Waals surface area (Å²) >= 11 is 0. The molecular weight excluding hydrogens is 237 g/mol. The minimum absolute atomic E-state index is 0.248. The maximum atomic E-state index is 12.6. The number of alkyl halides is 3. The predicted molar refractivity (Wildman–Crippen MR) is 53.3 cm³/mol. The van der Waals surface area contributed by atoms with E-state index in [1.54, 1.807) is 0 Å².